The molecule has 0 saturated carbocycles. The molecule has 0 aromatic carbocycles. The Bertz CT molecular complexity index is 165. The topological polar surface area (TPSA) is 43.1 Å². The Morgan fingerprint density at radius 3 is 2.00 bits per heavy atom. The lowest BCUT2D eigenvalue weighted by atomic mass is 9.95. The molecule has 0 heterocycles. The van der Waals surface area contributed by atoms with Crippen molar-refractivity contribution in [2.24, 2.45) is 0 Å². The van der Waals surface area contributed by atoms with E-state index >= 15 is 0 Å². The zero-order valence-corrected chi connectivity index (χ0v) is 6.75. The zero-order chi connectivity index (χ0) is 8.91. The molecule has 0 radical (unpaired) electrons. The predicted molar refractivity (Wildman–Crippen MR) is 45.0 cm³/mol. The number of nitrogens with zero attached hydrogens (tertiary/aromatic N) is 1. The summed E-state index contributed by atoms with van der Waals surface area (Å²) in [5.74, 6) is 0. The third-order valence-corrected chi connectivity index (χ3v) is 1.61. The van der Waals surface area contributed by atoms with Gasteiger partial charge in [-0.1, -0.05) is 12.2 Å². The van der Waals surface area contributed by atoms with E-state index in [9.17, 15) is 10.1 Å². The minimum Gasteiger partial charge on any atom is -0.264 e. The second-order valence-electron chi connectivity index (χ2n) is 2.74. The second kappa shape index (κ2) is 3.91. The molecular formula is C8H13NO2. The van der Waals surface area contributed by atoms with Crippen molar-refractivity contribution in [1.82, 2.24) is 0 Å². The van der Waals surface area contributed by atoms with Crippen LogP contribution in [0.4, 0.5) is 0 Å². The highest BCUT2D eigenvalue weighted by molar-refractivity contribution is 4.89. The zero-order valence-electron chi connectivity index (χ0n) is 6.75. The normalized spacial score (nSPS) is 10.6. The van der Waals surface area contributed by atoms with E-state index in [0.717, 1.165) is 0 Å². The Kier molecular flexibility index (Phi) is 3.51. The van der Waals surface area contributed by atoms with Crippen LogP contribution in [0.1, 0.15) is 19.8 Å². The highest BCUT2D eigenvalue weighted by atomic mass is 16.6. The molecule has 0 saturated heterocycles. The van der Waals surface area contributed by atoms with Crippen LogP contribution >= 0.6 is 0 Å². The summed E-state index contributed by atoms with van der Waals surface area (Å²) < 4.78 is 0. The van der Waals surface area contributed by atoms with Crippen molar-refractivity contribution in [2.75, 3.05) is 0 Å². The smallest absolute Gasteiger partial charge is 0.226 e. The molecule has 0 aromatic heterocycles. The first-order valence-corrected chi connectivity index (χ1v) is 3.43. The van der Waals surface area contributed by atoms with Crippen LogP contribution in [0.3, 0.4) is 0 Å². The molecule has 0 aliphatic heterocycles. The molecule has 0 aliphatic carbocycles. The van der Waals surface area contributed by atoms with Crippen LogP contribution in [0.25, 0.3) is 0 Å². The van der Waals surface area contributed by atoms with Crippen LogP contribution in [0.2, 0.25) is 0 Å². The minimum absolute atomic E-state index is 0.281. The van der Waals surface area contributed by atoms with E-state index in [1.165, 1.54) is 0 Å². The van der Waals surface area contributed by atoms with Crippen molar-refractivity contribution in [1.29, 1.82) is 0 Å². The van der Waals surface area contributed by atoms with Crippen molar-refractivity contribution in [3.05, 3.63) is 35.4 Å². The molecule has 0 aliphatic rings. The molecule has 0 fully saturated rings. The molecule has 0 bridgehead atoms. The lowest BCUT2D eigenvalue weighted by molar-refractivity contribution is -0.563. The van der Waals surface area contributed by atoms with Crippen molar-refractivity contribution >= 4 is 0 Å². The third-order valence-electron chi connectivity index (χ3n) is 1.61. The first-order chi connectivity index (χ1) is 5.06. The maximum Gasteiger partial charge on any atom is 0.226 e. The van der Waals surface area contributed by atoms with Gasteiger partial charge >= 0.3 is 0 Å². The van der Waals surface area contributed by atoms with Gasteiger partial charge in [0.25, 0.3) is 0 Å². The van der Waals surface area contributed by atoms with Gasteiger partial charge < -0.3 is 0 Å². The van der Waals surface area contributed by atoms with Crippen LogP contribution in [0, 0.1) is 10.1 Å². The molecule has 62 valence electrons. The maximum absolute atomic E-state index is 10.5. The Hall–Kier alpha value is -1.12. The quantitative estimate of drug-likeness (QED) is 0.347. The molecule has 0 aromatic rings. The SMILES string of the molecule is C=CCC(C)(CC=C)[N+](=O)[O-]. The van der Waals surface area contributed by atoms with Gasteiger partial charge in [-0.15, -0.1) is 13.2 Å². The number of hydrogen-bond acceptors (Lipinski definition) is 2. The van der Waals surface area contributed by atoms with E-state index in [1.807, 2.05) is 0 Å². The predicted octanol–water partition coefficient (Wildman–Crippen LogP) is 2.17. The highest BCUT2D eigenvalue weighted by Gasteiger charge is 2.33. The summed E-state index contributed by atoms with van der Waals surface area (Å²) in [4.78, 5) is 10.2. The van der Waals surface area contributed by atoms with Crippen molar-refractivity contribution < 1.29 is 4.92 Å². The first kappa shape index (κ1) is 9.88. The maximum atomic E-state index is 10.5. The van der Waals surface area contributed by atoms with Gasteiger partial charge in [-0.2, -0.15) is 0 Å². The van der Waals surface area contributed by atoms with Gasteiger partial charge in [0.2, 0.25) is 5.54 Å². The first-order valence-electron chi connectivity index (χ1n) is 3.43. The van der Waals surface area contributed by atoms with E-state index in [-0.39, 0.29) is 4.92 Å². The fourth-order valence-corrected chi connectivity index (χ4v) is 0.854. The summed E-state index contributed by atoms with van der Waals surface area (Å²) in [6.07, 6.45) is 3.89. The lowest BCUT2D eigenvalue weighted by Gasteiger charge is -2.16. The van der Waals surface area contributed by atoms with Gasteiger partial charge in [0, 0.05) is 24.7 Å². The lowest BCUT2D eigenvalue weighted by Crippen LogP contribution is -2.33. The van der Waals surface area contributed by atoms with E-state index < -0.39 is 5.54 Å². The fourth-order valence-electron chi connectivity index (χ4n) is 0.854. The molecule has 0 N–H and O–H groups in total. The average Bonchev–Trinajstić information content (AvgIpc) is 1.88. The van der Waals surface area contributed by atoms with E-state index in [4.69, 9.17) is 0 Å². The summed E-state index contributed by atoms with van der Waals surface area (Å²) in [5.41, 5.74) is -0.913. The Labute approximate surface area is 66.6 Å². The van der Waals surface area contributed by atoms with Gasteiger partial charge in [0.1, 0.15) is 0 Å². The van der Waals surface area contributed by atoms with Gasteiger partial charge in [-0.05, 0) is 0 Å². The largest absolute Gasteiger partial charge is 0.264 e. The molecule has 3 heteroatoms. The molecule has 3 nitrogen and oxygen atoms in total. The molecular weight excluding hydrogens is 142 g/mol. The van der Waals surface area contributed by atoms with Gasteiger partial charge in [-0.3, -0.25) is 10.1 Å². The summed E-state index contributed by atoms with van der Waals surface area (Å²) >= 11 is 0. The monoisotopic (exact) mass is 155 g/mol. The number of hydrogen-bond donors (Lipinski definition) is 0. The van der Waals surface area contributed by atoms with E-state index in [2.05, 4.69) is 13.2 Å². The minimum atomic E-state index is -0.913. The van der Waals surface area contributed by atoms with E-state index in [0.29, 0.717) is 12.8 Å². The molecule has 11 heavy (non-hydrogen) atoms. The van der Waals surface area contributed by atoms with Gasteiger partial charge in [-0.25, -0.2) is 0 Å². The summed E-state index contributed by atoms with van der Waals surface area (Å²) in [7, 11) is 0. The Morgan fingerprint density at radius 2 is 1.82 bits per heavy atom. The van der Waals surface area contributed by atoms with E-state index in [1.54, 1.807) is 19.1 Å². The summed E-state index contributed by atoms with van der Waals surface area (Å²) in [6.45, 7) is 8.54. The fraction of sp³-hybridized carbons (Fsp3) is 0.500. The van der Waals surface area contributed by atoms with Crippen molar-refractivity contribution in [3.63, 3.8) is 0 Å². The molecule has 0 rings (SSSR count). The Balaban J connectivity index is 4.35. The molecule has 0 atom stereocenters. The summed E-state index contributed by atoms with van der Waals surface area (Å²) in [5, 5.41) is 10.5. The molecule has 0 spiro atoms. The van der Waals surface area contributed by atoms with Gasteiger partial charge in [0.15, 0.2) is 0 Å². The van der Waals surface area contributed by atoms with Crippen LogP contribution < -0.4 is 0 Å². The van der Waals surface area contributed by atoms with Crippen molar-refractivity contribution in [2.45, 2.75) is 25.3 Å². The van der Waals surface area contributed by atoms with Gasteiger partial charge in [0.05, 0.1) is 0 Å². The van der Waals surface area contributed by atoms with Crippen LogP contribution in [-0.2, 0) is 0 Å². The van der Waals surface area contributed by atoms with Crippen molar-refractivity contribution in [3.8, 4) is 0 Å². The third kappa shape index (κ3) is 2.53. The van der Waals surface area contributed by atoms with Crippen LogP contribution in [-0.4, -0.2) is 10.5 Å². The second-order valence-corrected chi connectivity index (χ2v) is 2.74. The number of nitro groups is 1. The average molecular weight is 155 g/mol. The van der Waals surface area contributed by atoms with Crippen LogP contribution in [0.15, 0.2) is 25.3 Å². The number of rotatable bonds is 5. The molecule has 0 unspecified atom stereocenters. The summed E-state index contributed by atoms with van der Waals surface area (Å²) in [6, 6.07) is 0. The van der Waals surface area contributed by atoms with Crippen LogP contribution in [0.5, 0.6) is 0 Å². The highest BCUT2D eigenvalue weighted by Crippen LogP contribution is 2.19. The standard InChI is InChI=1S/C8H13NO2/c1-4-6-8(3,7-5-2)9(10)11/h4-5H,1-2,6-7H2,3H3. The Morgan fingerprint density at radius 1 is 1.45 bits per heavy atom. The molecule has 0 amide bonds.